The second-order valence-corrected chi connectivity index (χ2v) is 9.70. The average Bonchev–Trinajstić information content (AvgIpc) is 3.06. The molecule has 174 valence electrons. The number of anilines is 1. The van der Waals surface area contributed by atoms with E-state index in [-0.39, 0.29) is 35.0 Å². The molecule has 0 radical (unpaired) electrons. The Labute approximate surface area is 188 Å². The Bertz CT molecular complexity index is 1070. The molecule has 7 nitrogen and oxygen atoms in total. The minimum Gasteiger partial charge on any atom is -0.493 e. The summed E-state index contributed by atoms with van der Waals surface area (Å²) in [5.74, 6) is -0.224. The van der Waals surface area contributed by atoms with Crippen LogP contribution in [-0.2, 0) is 16.6 Å². The summed E-state index contributed by atoms with van der Waals surface area (Å²) in [4.78, 5) is 15.3. The molecule has 1 aliphatic rings. The van der Waals surface area contributed by atoms with Crippen LogP contribution in [0.2, 0.25) is 0 Å². The van der Waals surface area contributed by atoms with Crippen molar-refractivity contribution in [2.75, 3.05) is 37.9 Å². The first-order valence-electron chi connectivity index (χ1n) is 10.5. The van der Waals surface area contributed by atoms with Crippen molar-refractivity contribution in [3.63, 3.8) is 0 Å². The Balaban J connectivity index is 2.15. The third-order valence-electron chi connectivity index (χ3n) is 5.57. The number of hydrogen-bond donors (Lipinski definition) is 0. The fraction of sp³-hybridized carbons (Fsp3) is 0.435. The zero-order chi connectivity index (χ0) is 23.3. The molecule has 1 amide bonds. The van der Waals surface area contributed by atoms with Gasteiger partial charge in [-0.25, -0.2) is 12.8 Å². The van der Waals surface area contributed by atoms with Crippen LogP contribution in [0.1, 0.15) is 41.6 Å². The number of carbonyl (C=O) groups is 1. The van der Waals surface area contributed by atoms with Crippen LogP contribution in [0.3, 0.4) is 0 Å². The van der Waals surface area contributed by atoms with Gasteiger partial charge in [-0.15, -0.1) is 0 Å². The van der Waals surface area contributed by atoms with Crippen molar-refractivity contribution in [3.05, 3.63) is 53.3 Å². The molecule has 0 atom stereocenters. The van der Waals surface area contributed by atoms with E-state index in [2.05, 4.69) is 0 Å². The molecule has 0 unspecified atom stereocenters. The van der Waals surface area contributed by atoms with Gasteiger partial charge in [-0.1, -0.05) is 31.0 Å². The maximum atomic E-state index is 14.4. The molecular formula is C23H29FN2O5S. The minimum atomic E-state index is -3.87. The minimum absolute atomic E-state index is 0.127. The molecular weight excluding hydrogens is 435 g/mol. The topological polar surface area (TPSA) is 76.2 Å². The highest BCUT2D eigenvalue weighted by Gasteiger charge is 2.29. The van der Waals surface area contributed by atoms with Gasteiger partial charge in [-0.05, 0) is 25.0 Å². The van der Waals surface area contributed by atoms with Gasteiger partial charge < -0.3 is 14.4 Å². The van der Waals surface area contributed by atoms with E-state index in [1.54, 1.807) is 11.0 Å². The number of methoxy groups -OCH3 is 2. The fourth-order valence-corrected chi connectivity index (χ4v) is 4.73. The van der Waals surface area contributed by atoms with Gasteiger partial charge in [-0.2, -0.15) is 0 Å². The zero-order valence-corrected chi connectivity index (χ0v) is 19.5. The van der Waals surface area contributed by atoms with Crippen LogP contribution in [-0.4, -0.2) is 52.8 Å². The Morgan fingerprint density at radius 1 is 1.03 bits per heavy atom. The number of sulfonamides is 1. The smallest absolute Gasteiger partial charge is 0.256 e. The number of nitrogens with zero attached hydrogens (tertiary/aromatic N) is 2. The molecule has 0 aliphatic carbocycles. The molecule has 9 heteroatoms. The SMILES string of the molecule is COc1cc(C(=O)N2CCCCCC2)c(N(Cc2ccccc2F)S(C)(=O)=O)cc1OC. The monoisotopic (exact) mass is 464 g/mol. The Kier molecular flexibility index (Phi) is 7.60. The van der Waals surface area contributed by atoms with E-state index in [1.165, 1.54) is 44.6 Å². The summed E-state index contributed by atoms with van der Waals surface area (Å²) < 4.78 is 51.8. The molecule has 3 rings (SSSR count). The second kappa shape index (κ2) is 10.2. The van der Waals surface area contributed by atoms with Gasteiger partial charge in [0.15, 0.2) is 11.5 Å². The summed E-state index contributed by atoms with van der Waals surface area (Å²) in [5.41, 5.74) is 0.495. The van der Waals surface area contributed by atoms with Gasteiger partial charge in [0.1, 0.15) is 5.82 Å². The van der Waals surface area contributed by atoms with E-state index in [4.69, 9.17) is 9.47 Å². The molecule has 1 heterocycles. The Morgan fingerprint density at radius 2 is 1.62 bits per heavy atom. The van der Waals surface area contributed by atoms with Gasteiger partial charge in [-0.3, -0.25) is 9.10 Å². The average molecular weight is 465 g/mol. The normalized spacial score (nSPS) is 14.6. The first kappa shape index (κ1) is 23.8. The molecule has 32 heavy (non-hydrogen) atoms. The summed E-state index contributed by atoms with van der Waals surface area (Å²) in [6.07, 6.45) is 4.90. The molecule has 0 aromatic heterocycles. The van der Waals surface area contributed by atoms with Crippen molar-refractivity contribution >= 4 is 21.6 Å². The van der Waals surface area contributed by atoms with Gasteiger partial charge >= 0.3 is 0 Å². The number of halogens is 1. The van der Waals surface area contributed by atoms with Crippen molar-refractivity contribution in [1.29, 1.82) is 0 Å². The molecule has 1 aliphatic heterocycles. The molecule has 2 aromatic rings. The summed E-state index contributed by atoms with van der Waals surface area (Å²) in [6.45, 7) is 0.929. The lowest BCUT2D eigenvalue weighted by molar-refractivity contribution is 0.0762. The number of rotatable bonds is 7. The highest BCUT2D eigenvalue weighted by molar-refractivity contribution is 7.92. The maximum Gasteiger partial charge on any atom is 0.256 e. The van der Waals surface area contributed by atoms with E-state index in [0.29, 0.717) is 18.8 Å². The summed E-state index contributed by atoms with van der Waals surface area (Å²) in [6, 6.07) is 8.93. The van der Waals surface area contributed by atoms with E-state index in [9.17, 15) is 17.6 Å². The summed E-state index contributed by atoms with van der Waals surface area (Å²) in [5, 5.41) is 0. The zero-order valence-electron chi connectivity index (χ0n) is 18.6. The highest BCUT2D eigenvalue weighted by Crippen LogP contribution is 2.38. The molecule has 0 N–H and O–H groups in total. The Hall–Kier alpha value is -2.81. The largest absolute Gasteiger partial charge is 0.493 e. The lowest BCUT2D eigenvalue weighted by Crippen LogP contribution is -2.35. The van der Waals surface area contributed by atoms with Crippen LogP contribution in [0.15, 0.2) is 36.4 Å². The second-order valence-electron chi connectivity index (χ2n) is 7.79. The molecule has 0 spiro atoms. The van der Waals surface area contributed by atoms with Crippen LogP contribution < -0.4 is 13.8 Å². The predicted molar refractivity (Wildman–Crippen MR) is 121 cm³/mol. The van der Waals surface area contributed by atoms with E-state index in [0.717, 1.165) is 36.2 Å². The standard InChI is InChI=1S/C23H29FN2O5S/c1-30-21-14-18(23(27)25-12-8-4-5-9-13-25)20(15-22(21)31-2)26(32(3,28)29)16-17-10-6-7-11-19(17)24/h6-7,10-11,14-15H,4-5,8-9,12-13,16H2,1-3H3. The van der Waals surface area contributed by atoms with Crippen molar-refractivity contribution in [3.8, 4) is 11.5 Å². The van der Waals surface area contributed by atoms with Crippen molar-refractivity contribution in [1.82, 2.24) is 4.90 Å². The van der Waals surface area contributed by atoms with Gasteiger partial charge in [0.05, 0.1) is 38.3 Å². The molecule has 0 saturated carbocycles. The third-order valence-corrected chi connectivity index (χ3v) is 6.69. The van der Waals surface area contributed by atoms with E-state index < -0.39 is 15.8 Å². The van der Waals surface area contributed by atoms with Crippen LogP contribution in [0.25, 0.3) is 0 Å². The summed E-state index contributed by atoms with van der Waals surface area (Å²) in [7, 11) is -0.992. The first-order chi connectivity index (χ1) is 15.3. The van der Waals surface area contributed by atoms with Crippen molar-refractivity contribution in [2.24, 2.45) is 0 Å². The van der Waals surface area contributed by atoms with Crippen LogP contribution in [0.5, 0.6) is 11.5 Å². The van der Waals surface area contributed by atoms with Crippen LogP contribution >= 0.6 is 0 Å². The van der Waals surface area contributed by atoms with Gasteiger partial charge in [0, 0.05) is 24.7 Å². The number of likely N-dealkylation sites (tertiary alicyclic amines) is 1. The summed E-state index contributed by atoms with van der Waals surface area (Å²) >= 11 is 0. The number of benzene rings is 2. The molecule has 0 bridgehead atoms. The number of ether oxygens (including phenoxy) is 2. The van der Waals surface area contributed by atoms with Crippen LogP contribution in [0.4, 0.5) is 10.1 Å². The molecule has 1 saturated heterocycles. The van der Waals surface area contributed by atoms with Gasteiger partial charge in [0.25, 0.3) is 5.91 Å². The first-order valence-corrected chi connectivity index (χ1v) is 12.4. The lowest BCUT2D eigenvalue weighted by Gasteiger charge is -2.28. The molecule has 2 aromatic carbocycles. The quantitative estimate of drug-likeness (QED) is 0.623. The fourth-order valence-electron chi connectivity index (χ4n) is 3.85. The van der Waals surface area contributed by atoms with Crippen LogP contribution in [0, 0.1) is 5.82 Å². The maximum absolute atomic E-state index is 14.4. The Morgan fingerprint density at radius 3 is 2.19 bits per heavy atom. The van der Waals surface area contributed by atoms with Gasteiger partial charge in [0.2, 0.25) is 10.0 Å². The van der Waals surface area contributed by atoms with Crippen molar-refractivity contribution < 1.29 is 27.1 Å². The number of hydrogen-bond acceptors (Lipinski definition) is 5. The predicted octanol–water partition coefficient (Wildman–Crippen LogP) is 3.83. The number of carbonyl (C=O) groups excluding carboxylic acids is 1. The van der Waals surface area contributed by atoms with E-state index in [1.807, 2.05) is 0 Å². The lowest BCUT2D eigenvalue weighted by atomic mass is 10.1. The highest BCUT2D eigenvalue weighted by atomic mass is 32.2. The molecule has 1 fully saturated rings. The van der Waals surface area contributed by atoms with Crippen molar-refractivity contribution in [2.45, 2.75) is 32.2 Å². The third kappa shape index (κ3) is 5.32. The number of amides is 1. The van der Waals surface area contributed by atoms with E-state index >= 15 is 0 Å².